The summed E-state index contributed by atoms with van der Waals surface area (Å²) in [7, 11) is 1.58. The Balaban J connectivity index is 2.01. The predicted octanol–water partition coefficient (Wildman–Crippen LogP) is 3.37. The lowest BCUT2D eigenvalue weighted by Gasteiger charge is -2.18. The smallest absolute Gasteiger partial charge is 0.340 e. The van der Waals surface area contributed by atoms with Crippen LogP contribution in [0.5, 0.6) is 5.75 Å². The Morgan fingerprint density at radius 2 is 1.67 bits per heavy atom. The number of hydrogen-bond acceptors (Lipinski definition) is 5. The summed E-state index contributed by atoms with van der Waals surface area (Å²) in [6, 6.07) is 13.7. The zero-order valence-corrected chi connectivity index (χ0v) is 17.4. The van der Waals surface area contributed by atoms with Gasteiger partial charge in [0.25, 0.3) is 5.91 Å². The first-order chi connectivity index (χ1) is 14.5. The van der Waals surface area contributed by atoms with E-state index in [1.807, 2.05) is 26.0 Å². The van der Waals surface area contributed by atoms with Crippen LogP contribution < -0.4 is 10.1 Å². The van der Waals surface area contributed by atoms with Crippen LogP contribution in [0, 0.1) is 0 Å². The van der Waals surface area contributed by atoms with Gasteiger partial charge >= 0.3 is 5.97 Å². The van der Waals surface area contributed by atoms with Crippen molar-refractivity contribution in [1.29, 1.82) is 0 Å². The Morgan fingerprint density at radius 3 is 2.30 bits per heavy atom. The minimum atomic E-state index is -0.675. The van der Waals surface area contributed by atoms with Gasteiger partial charge in [0.2, 0.25) is 5.91 Å². The van der Waals surface area contributed by atoms with Gasteiger partial charge in [-0.05, 0) is 49.8 Å². The Morgan fingerprint density at radius 1 is 1.00 bits per heavy atom. The molecule has 0 aliphatic carbocycles. The van der Waals surface area contributed by atoms with E-state index in [-0.39, 0.29) is 18.1 Å². The molecule has 0 spiro atoms. The van der Waals surface area contributed by atoms with Crippen molar-refractivity contribution in [3.8, 4) is 5.75 Å². The van der Waals surface area contributed by atoms with Crippen LogP contribution in [0.3, 0.4) is 0 Å². The van der Waals surface area contributed by atoms with Gasteiger partial charge in [0.15, 0.2) is 6.61 Å². The van der Waals surface area contributed by atoms with E-state index < -0.39 is 11.9 Å². The van der Waals surface area contributed by atoms with Crippen LogP contribution >= 0.6 is 0 Å². The van der Waals surface area contributed by atoms with Gasteiger partial charge in [-0.1, -0.05) is 24.3 Å². The van der Waals surface area contributed by atoms with E-state index >= 15 is 0 Å². The SMILES string of the molecule is CCN(CC)C(=O)COC(=O)c1ccccc1NC(=O)/C=C\c1ccc(OC)cc1. The van der Waals surface area contributed by atoms with E-state index in [4.69, 9.17) is 9.47 Å². The maximum absolute atomic E-state index is 12.4. The molecular weight excluding hydrogens is 384 g/mol. The van der Waals surface area contributed by atoms with E-state index in [2.05, 4.69) is 5.32 Å². The summed E-state index contributed by atoms with van der Waals surface area (Å²) in [4.78, 5) is 38.3. The average Bonchev–Trinajstić information content (AvgIpc) is 2.77. The standard InChI is InChI=1S/C23H26N2O5/c1-4-25(5-2)22(27)16-30-23(28)19-8-6-7-9-20(19)24-21(26)15-12-17-10-13-18(29-3)14-11-17/h6-15H,4-5,16H2,1-3H3,(H,24,26)/b15-12-. The number of ether oxygens (including phenoxy) is 2. The second-order valence-electron chi connectivity index (χ2n) is 6.28. The predicted molar refractivity (Wildman–Crippen MR) is 115 cm³/mol. The molecule has 2 rings (SSSR count). The van der Waals surface area contributed by atoms with Crippen molar-refractivity contribution in [3.05, 3.63) is 65.7 Å². The minimum Gasteiger partial charge on any atom is -0.497 e. The second kappa shape index (κ2) is 11.4. The van der Waals surface area contributed by atoms with Crippen molar-refractivity contribution in [3.63, 3.8) is 0 Å². The van der Waals surface area contributed by atoms with Gasteiger partial charge in [0.1, 0.15) is 5.75 Å². The highest BCUT2D eigenvalue weighted by Gasteiger charge is 2.17. The van der Waals surface area contributed by atoms with Crippen LogP contribution in [0.1, 0.15) is 29.8 Å². The number of nitrogens with zero attached hydrogens (tertiary/aromatic N) is 1. The van der Waals surface area contributed by atoms with Crippen molar-refractivity contribution in [2.24, 2.45) is 0 Å². The first kappa shape index (κ1) is 22.7. The fourth-order valence-corrected chi connectivity index (χ4v) is 2.70. The fourth-order valence-electron chi connectivity index (χ4n) is 2.70. The van der Waals surface area contributed by atoms with E-state index in [9.17, 15) is 14.4 Å². The summed E-state index contributed by atoms with van der Waals surface area (Å²) in [6.07, 6.45) is 3.02. The van der Waals surface area contributed by atoms with E-state index in [1.54, 1.807) is 48.4 Å². The van der Waals surface area contributed by atoms with E-state index in [0.29, 0.717) is 18.8 Å². The molecular formula is C23H26N2O5. The molecule has 0 saturated heterocycles. The Kier molecular flexibility index (Phi) is 8.62. The van der Waals surface area contributed by atoms with Crippen LogP contribution in [0.15, 0.2) is 54.6 Å². The molecule has 0 heterocycles. The van der Waals surface area contributed by atoms with Crippen molar-refractivity contribution in [1.82, 2.24) is 4.90 Å². The van der Waals surface area contributed by atoms with Gasteiger partial charge in [0, 0.05) is 19.2 Å². The first-order valence-electron chi connectivity index (χ1n) is 9.65. The van der Waals surface area contributed by atoms with Crippen molar-refractivity contribution >= 4 is 29.5 Å². The molecule has 1 N–H and O–H groups in total. The summed E-state index contributed by atoms with van der Waals surface area (Å²) in [6.45, 7) is 4.45. The molecule has 0 bridgehead atoms. The highest BCUT2D eigenvalue weighted by Crippen LogP contribution is 2.17. The third-order valence-corrected chi connectivity index (χ3v) is 4.39. The van der Waals surface area contributed by atoms with Crippen molar-refractivity contribution in [2.75, 3.05) is 32.1 Å². The summed E-state index contributed by atoms with van der Waals surface area (Å²) in [5.41, 5.74) is 1.31. The fraction of sp³-hybridized carbons (Fsp3) is 0.261. The monoisotopic (exact) mass is 410 g/mol. The lowest BCUT2D eigenvalue weighted by atomic mass is 10.1. The maximum atomic E-state index is 12.4. The molecule has 158 valence electrons. The quantitative estimate of drug-likeness (QED) is 0.506. The number of para-hydroxylation sites is 1. The van der Waals surface area contributed by atoms with Gasteiger partial charge in [-0.3, -0.25) is 9.59 Å². The molecule has 0 aliphatic heterocycles. The highest BCUT2D eigenvalue weighted by molar-refractivity contribution is 6.06. The molecule has 2 amide bonds. The number of anilines is 1. The second-order valence-corrected chi connectivity index (χ2v) is 6.28. The number of methoxy groups -OCH3 is 1. The molecule has 0 fully saturated rings. The van der Waals surface area contributed by atoms with Gasteiger partial charge in [-0.2, -0.15) is 0 Å². The number of nitrogens with one attached hydrogen (secondary N) is 1. The van der Waals surface area contributed by atoms with Crippen LogP contribution in [0.25, 0.3) is 6.08 Å². The first-order valence-corrected chi connectivity index (χ1v) is 9.65. The van der Waals surface area contributed by atoms with Crippen molar-refractivity contribution in [2.45, 2.75) is 13.8 Å². The lowest BCUT2D eigenvalue weighted by Crippen LogP contribution is -2.34. The number of rotatable bonds is 9. The molecule has 2 aromatic rings. The summed E-state index contributed by atoms with van der Waals surface area (Å²) < 4.78 is 10.2. The number of likely N-dealkylation sites (N-methyl/N-ethyl adjacent to an activating group) is 1. The number of carbonyl (C=O) groups excluding carboxylic acids is 3. The zero-order valence-electron chi connectivity index (χ0n) is 17.4. The van der Waals surface area contributed by atoms with E-state index in [0.717, 1.165) is 11.3 Å². The number of benzene rings is 2. The number of amides is 2. The third kappa shape index (κ3) is 6.48. The molecule has 30 heavy (non-hydrogen) atoms. The molecule has 0 saturated carbocycles. The Bertz CT molecular complexity index is 902. The average molecular weight is 410 g/mol. The van der Waals surface area contributed by atoms with E-state index in [1.165, 1.54) is 12.1 Å². The largest absolute Gasteiger partial charge is 0.497 e. The van der Waals surface area contributed by atoms with Gasteiger partial charge in [-0.25, -0.2) is 4.79 Å². The zero-order chi connectivity index (χ0) is 21.9. The topological polar surface area (TPSA) is 84.9 Å². The molecule has 0 atom stereocenters. The van der Waals surface area contributed by atoms with Gasteiger partial charge in [0.05, 0.1) is 18.4 Å². The molecule has 7 heteroatoms. The number of carbonyl (C=O) groups is 3. The van der Waals surface area contributed by atoms with Gasteiger partial charge < -0.3 is 19.7 Å². The Labute approximate surface area is 176 Å². The molecule has 0 aromatic heterocycles. The van der Waals surface area contributed by atoms with Crippen LogP contribution in [-0.4, -0.2) is 49.5 Å². The molecule has 7 nitrogen and oxygen atoms in total. The highest BCUT2D eigenvalue weighted by atomic mass is 16.5. The lowest BCUT2D eigenvalue weighted by molar-refractivity contribution is -0.134. The summed E-state index contributed by atoms with van der Waals surface area (Å²) >= 11 is 0. The van der Waals surface area contributed by atoms with Crippen LogP contribution in [0.2, 0.25) is 0 Å². The Hall–Kier alpha value is -3.61. The van der Waals surface area contributed by atoms with Crippen LogP contribution in [-0.2, 0) is 14.3 Å². The summed E-state index contributed by atoms with van der Waals surface area (Å²) in [5, 5.41) is 2.67. The summed E-state index contributed by atoms with van der Waals surface area (Å²) in [5.74, 6) is -0.614. The molecule has 2 aromatic carbocycles. The van der Waals surface area contributed by atoms with Crippen molar-refractivity contribution < 1.29 is 23.9 Å². The van der Waals surface area contributed by atoms with Gasteiger partial charge in [-0.15, -0.1) is 0 Å². The molecule has 0 aliphatic rings. The molecule has 0 radical (unpaired) electrons. The maximum Gasteiger partial charge on any atom is 0.340 e. The normalized spacial score (nSPS) is 10.5. The number of esters is 1. The number of hydrogen-bond donors (Lipinski definition) is 1. The molecule has 0 unspecified atom stereocenters. The van der Waals surface area contributed by atoms with Crippen LogP contribution in [0.4, 0.5) is 5.69 Å². The third-order valence-electron chi connectivity index (χ3n) is 4.39. The minimum absolute atomic E-state index is 0.177.